The van der Waals surface area contributed by atoms with Crippen LogP contribution < -0.4 is 4.74 Å². The molecule has 0 unspecified atom stereocenters. The third-order valence-corrected chi connectivity index (χ3v) is 3.64. The number of aryl methyl sites for hydroxylation is 1. The van der Waals surface area contributed by atoms with Gasteiger partial charge in [-0.3, -0.25) is 5.26 Å². The molecule has 0 saturated carbocycles. The fourth-order valence-electron chi connectivity index (χ4n) is 2.58. The van der Waals surface area contributed by atoms with Gasteiger partial charge in [0.05, 0.1) is 6.61 Å². The zero-order valence-corrected chi connectivity index (χ0v) is 11.4. The summed E-state index contributed by atoms with van der Waals surface area (Å²) < 4.78 is 5.82. The van der Waals surface area contributed by atoms with Crippen LogP contribution in [-0.2, 0) is 24.2 Å². The van der Waals surface area contributed by atoms with Crippen LogP contribution in [0.2, 0.25) is 0 Å². The molecule has 1 heterocycles. The molecule has 1 aliphatic rings. The Morgan fingerprint density at radius 1 is 1.05 bits per heavy atom. The van der Waals surface area contributed by atoms with Gasteiger partial charge in [0, 0.05) is 17.7 Å². The second-order valence-corrected chi connectivity index (χ2v) is 5.07. The molecule has 5 heteroatoms. The van der Waals surface area contributed by atoms with Crippen LogP contribution in [0.1, 0.15) is 16.7 Å². The molecule has 3 rings (SSSR count). The van der Waals surface area contributed by atoms with Gasteiger partial charge in [0.25, 0.3) is 0 Å². The standard InChI is InChI=1S/C16H16O5/c17-12-8-14(18)13-3-2-11-7-10(5-6-20-19)1-4-15(11)21-16(13)9-12/h1,4,7-9,17-19H,2-3,5-6H2. The first-order valence-corrected chi connectivity index (χ1v) is 6.78. The summed E-state index contributed by atoms with van der Waals surface area (Å²) >= 11 is 0. The summed E-state index contributed by atoms with van der Waals surface area (Å²) in [6, 6.07) is 8.61. The highest BCUT2D eigenvalue weighted by Crippen LogP contribution is 2.40. The number of phenols is 2. The van der Waals surface area contributed by atoms with Crippen molar-refractivity contribution in [3.8, 4) is 23.0 Å². The van der Waals surface area contributed by atoms with Crippen molar-refractivity contribution in [3.63, 3.8) is 0 Å². The van der Waals surface area contributed by atoms with Gasteiger partial charge in [0.15, 0.2) is 0 Å². The van der Waals surface area contributed by atoms with E-state index in [2.05, 4.69) is 4.89 Å². The van der Waals surface area contributed by atoms with Gasteiger partial charge in [-0.15, -0.1) is 0 Å². The lowest BCUT2D eigenvalue weighted by Gasteiger charge is -2.11. The fourth-order valence-corrected chi connectivity index (χ4v) is 2.58. The third kappa shape index (κ3) is 2.79. The monoisotopic (exact) mass is 288 g/mol. The Hall–Kier alpha value is -2.24. The molecule has 3 N–H and O–H groups in total. The van der Waals surface area contributed by atoms with Crippen LogP contribution >= 0.6 is 0 Å². The van der Waals surface area contributed by atoms with Crippen LogP contribution in [0.5, 0.6) is 23.0 Å². The van der Waals surface area contributed by atoms with Crippen molar-refractivity contribution in [1.82, 2.24) is 0 Å². The summed E-state index contributed by atoms with van der Waals surface area (Å²) in [5, 5.41) is 27.9. The molecule has 21 heavy (non-hydrogen) atoms. The lowest BCUT2D eigenvalue weighted by atomic mass is 10.0. The molecule has 0 atom stereocenters. The Balaban J connectivity index is 1.93. The molecular weight excluding hydrogens is 272 g/mol. The van der Waals surface area contributed by atoms with Gasteiger partial charge in [0.2, 0.25) is 0 Å². The third-order valence-electron chi connectivity index (χ3n) is 3.64. The van der Waals surface area contributed by atoms with E-state index in [0.29, 0.717) is 29.9 Å². The van der Waals surface area contributed by atoms with E-state index in [1.54, 1.807) is 0 Å². The van der Waals surface area contributed by atoms with Crippen LogP contribution in [0.25, 0.3) is 0 Å². The Kier molecular flexibility index (Phi) is 3.68. The summed E-state index contributed by atoms with van der Waals surface area (Å²) in [7, 11) is 0. The van der Waals surface area contributed by atoms with Crippen molar-refractivity contribution in [2.45, 2.75) is 19.3 Å². The summed E-state index contributed by atoms with van der Waals surface area (Å²) in [6.07, 6.45) is 1.98. The Morgan fingerprint density at radius 2 is 1.90 bits per heavy atom. The largest absolute Gasteiger partial charge is 0.508 e. The Morgan fingerprint density at radius 3 is 2.71 bits per heavy atom. The van der Waals surface area contributed by atoms with Gasteiger partial charge < -0.3 is 14.9 Å². The summed E-state index contributed by atoms with van der Waals surface area (Å²) in [6.45, 7) is 0.245. The van der Waals surface area contributed by atoms with Crippen LogP contribution in [-0.4, -0.2) is 22.1 Å². The molecule has 0 aromatic heterocycles. The summed E-state index contributed by atoms with van der Waals surface area (Å²) in [5.41, 5.74) is 2.77. The van der Waals surface area contributed by atoms with Gasteiger partial charge in [-0.1, -0.05) is 12.1 Å². The fraction of sp³-hybridized carbons (Fsp3) is 0.250. The lowest BCUT2D eigenvalue weighted by molar-refractivity contribution is -0.241. The minimum Gasteiger partial charge on any atom is -0.508 e. The van der Waals surface area contributed by atoms with E-state index in [4.69, 9.17) is 9.99 Å². The molecule has 5 nitrogen and oxygen atoms in total. The molecule has 2 aromatic carbocycles. The van der Waals surface area contributed by atoms with E-state index in [0.717, 1.165) is 17.5 Å². The quantitative estimate of drug-likeness (QED) is 0.597. The number of aromatic hydroxyl groups is 2. The van der Waals surface area contributed by atoms with E-state index in [9.17, 15) is 10.2 Å². The van der Waals surface area contributed by atoms with Crippen molar-refractivity contribution < 1.29 is 25.1 Å². The van der Waals surface area contributed by atoms with Gasteiger partial charge in [0.1, 0.15) is 23.0 Å². The average Bonchev–Trinajstić information content (AvgIpc) is 2.63. The number of hydrogen-bond acceptors (Lipinski definition) is 5. The number of hydrogen-bond donors (Lipinski definition) is 3. The highest BCUT2D eigenvalue weighted by molar-refractivity contribution is 5.54. The van der Waals surface area contributed by atoms with E-state index >= 15 is 0 Å². The maximum Gasteiger partial charge on any atom is 0.138 e. The van der Waals surface area contributed by atoms with E-state index in [1.807, 2.05) is 18.2 Å². The zero-order valence-electron chi connectivity index (χ0n) is 11.4. The van der Waals surface area contributed by atoms with Gasteiger partial charge in [-0.25, -0.2) is 4.89 Å². The van der Waals surface area contributed by atoms with Crippen molar-refractivity contribution in [3.05, 3.63) is 47.0 Å². The van der Waals surface area contributed by atoms with E-state index in [1.165, 1.54) is 12.1 Å². The molecule has 0 saturated heterocycles. The SMILES string of the molecule is OOCCc1ccc2c(c1)CCc1c(O)cc(O)cc1O2. The maximum absolute atomic E-state index is 9.93. The molecule has 0 radical (unpaired) electrons. The molecule has 2 aromatic rings. The minimum absolute atomic E-state index is 0.0218. The smallest absolute Gasteiger partial charge is 0.138 e. The van der Waals surface area contributed by atoms with Crippen LogP contribution in [0.3, 0.4) is 0 Å². The normalized spacial score (nSPS) is 13.0. The molecule has 0 aliphatic carbocycles. The van der Waals surface area contributed by atoms with Gasteiger partial charge in [-0.2, -0.15) is 0 Å². The van der Waals surface area contributed by atoms with Crippen molar-refractivity contribution in [1.29, 1.82) is 0 Å². The summed E-state index contributed by atoms with van der Waals surface area (Å²) in [5.74, 6) is 1.23. The summed E-state index contributed by atoms with van der Waals surface area (Å²) in [4.78, 5) is 4.10. The van der Waals surface area contributed by atoms with Crippen molar-refractivity contribution >= 4 is 0 Å². The molecule has 110 valence electrons. The highest BCUT2D eigenvalue weighted by Gasteiger charge is 2.19. The number of ether oxygens (including phenoxy) is 1. The molecular formula is C16H16O5. The second kappa shape index (κ2) is 5.63. The average molecular weight is 288 g/mol. The predicted octanol–water partition coefficient (Wildman–Crippen LogP) is 3.02. The van der Waals surface area contributed by atoms with Crippen molar-refractivity contribution in [2.75, 3.05) is 6.61 Å². The molecule has 0 fully saturated rings. The minimum atomic E-state index is -0.0218. The Labute approximate surface area is 121 Å². The first-order chi connectivity index (χ1) is 10.2. The van der Waals surface area contributed by atoms with E-state index < -0.39 is 0 Å². The second-order valence-electron chi connectivity index (χ2n) is 5.07. The van der Waals surface area contributed by atoms with Gasteiger partial charge in [-0.05, 0) is 36.5 Å². The van der Waals surface area contributed by atoms with Gasteiger partial charge >= 0.3 is 0 Å². The topological polar surface area (TPSA) is 79.2 Å². The first kappa shape index (κ1) is 13.7. The molecule has 1 aliphatic heterocycles. The number of phenolic OH excluding ortho intramolecular Hbond substituents is 2. The number of fused-ring (bicyclic) bond motifs is 2. The predicted molar refractivity (Wildman–Crippen MR) is 76.0 cm³/mol. The number of benzene rings is 2. The maximum atomic E-state index is 9.93. The molecule has 0 bridgehead atoms. The van der Waals surface area contributed by atoms with E-state index in [-0.39, 0.29) is 18.1 Å². The van der Waals surface area contributed by atoms with Crippen LogP contribution in [0, 0.1) is 0 Å². The zero-order chi connectivity index (χ0) is 14.8. The highest BCUT2D eigenvalue weighted by atomic mass is 17.1. The Bertz CT molecular complexity index is 666. The lowest BCUT2D eigenvalue weighted by Crippen LogP contribution is -1.97. The van der Waals surface area contributed by atoms with Crippen LogP contribution in [0.15, 0.2) is 30.3 Å². The molecule has 0 spiro atoms. The van der Waals surface area contributed by atoms with Crippen molar-refractivity contribution in [2.24, 2.45) is 0 Å². The number of rotatable bonds is 3. The molecule has 0 amide bonds. The first-order valence-electron chi connectivity index (χ1n) is 6.78. The van der Waals surface area contributed by atoms with Crippen LogP contribution in [0.4, 0.5) is 0 Å².